The second-order valence-corrected chi connectivity index (χ2v) is 6.92. The van der Waals surface area contributed by atoms with Crippen molar-refractivity contribution >= 4 is 29.7 Å². The third-order valence-electron chi connectivity index (χ3n) is 4.27. The van der Waals surface area contributed by atoms with Crippen LogP contribution in [0.25, 0.3) is 0 Å². The molecule has 0 heterocycles. The van der Waals surface area contributed by atoms with Crippen LogP contribution < -0.4 is 21.7 Å². The van der Waals surface area contributed by atoms with Gasteiger partial charge in [-0.25, -0.2) is 4.79 Å². The van der Waals surface area contributed by atoms with Crippen molar-refractivity contribution in [2.75, 3.05) is 6.54 Å². The molecule has 0 aliphatic rings. The number of phenols is 1. The zero-order chi connectivity index (χ0) is 24.4. The molecule has 13 heteroatoms. The Bertz CT molecular complexity index is 842. The molecule has 9 N–H and O–H groups in total. The van der Waals surface area contributed by atoms with Crippen LogP contribution in [0.1, 0.15) is 18.9 Å². The summed E-state index contributed by atoms with van der Waals surface area (Å²) in [6, 6.07) is 0.942. The van der Waals surface area contributed by atoms with Crippen molar-refractivity contribution < 1.29 is 44.4 Å². The monoisotopic (exact) mass is 454 g/mol. The van der Waals surface area contributed by atoms with Gasteiger partial charge in [-0.15, -0.1) is 0 Å². The minimum Gasteiger partial charge on any atom is -0.508 e. The number of carbonyl (C=O) groups excluding carboxylic acids is 3. The van der Waals surface area contributed by atoms with Gasteiger partial charge in [0.2, 0.25) is 17.7 Å². The molecule has 1 rings (SSSR count). The summed E-state index contributed by atoms with van der Waals surface area (Å²) in [4.78, 5) is 59.2. The van der Waals surface area contributed by atoms with Crippen molar-refractivity contribution in [3.8, 4) is 5.75 Å². The third-order valence-corrected chi connectivity index (χ3v) is 4.27. The van der Waals surface area contributed by atoms with Crippen LogP contribution in [0.15, 0.2) is 24.3 Å². The maximum Gasteiger partial charge on any atom is 0.328 e. The van der Waals surface area contributed by atoms with Gasteiger partial charge >= 0.3 is 11.9 Å². The molecule has 0 spiro atoms. The Morgan fingerprint density at radius 1 is 0.938 bits per heavy atom. The minimum absolute atomic E-state index is 0.0511. The summed E-state index contributed by atoms with van der Waals surface area (Å²) in [5, 5.41) is 43.7. The standard InChI is InChI=1S/C19H26N4O9/c1-9(24)16(19(31)32)23-18(30)12(6-10-2-4-11(25)5-3-10)22-17(29)13(7-15(27)28)21-14(26)8-20/h2-5,9,12-13,16,24-25H,6-8,20H2,1H3,(H,21,26)(H,22,29)(H,23,30)(H,27,28)(H,31,32). The molecule has 3 amide bonds. The summed E-state index contributed by atoms with van der Waals surface area (Å²) in [6.07, 6.45) is -2.42. The first-order valence-corrected chi connectivity index (χ1v) is 9.45. The number of nitrogens with one attached hydrogen (secondary N) is 3. The number of aliphatic hydroxyl groups is 1. The van der Waals surface area contributed by atoms with Crippen LogP contribution >= 0.6 is 0 Å². The Labute approximate surface area is 182 Å². The number of rotatable bonds is 12. The van der Waals surface area contributed by atoms with E-state index in [1.807, 2.05) is 0 Å². The van der Waals surface area contributed by atoms with Crippen LogP contribution in [0.3, 0.4) is 0 Å². The summed E-state index contributed by atoms with van der Waals surface area (Å²) in [7, 11) is 0. The highest BCUT2D eigenvalue weighted by atomic mass is 16.4. The Hall–Kier alpha value is -3.71. The van der Waals surface area contributed by atoms with Crippen LogP contribution in [-0.2, 0) is 30.4 Å². The van der Waals surface area contributed by atoms with Gasteiger partial charge in [-0.3, -0.25) is 19.2 Å². The molecule has 0 saturated carbocycles. The van der Waals surface area contributed by atoms with Crippen molar-refractivity contribution in [1.29, 1.82) is 0 Å². The van der Waals surface area contributed by atoms with Crippen molar-refractivity contribution in [2.45, 2.75) is 44.0 Å². The second-order valence-electron chi connectivity index (χ2n) is 6.92. The molecule has 0 saturated heterocycles. The Morgan fingerprint density at radius 2 is 1.50 bits per heavy atom. The summed E-state index contributed by atoms with van der Waals surface area (Å²) >= 11 is 0. The van der Waals surface area contributed by atoms with Gasteiger partial charge < -0.3 is 42.1 Å². The fourth-order valence-electron chi connectivity index (χ4n) is 2.63. The average Bonchev–Trinajstić information content (AvgIpc) is 2.71. The number of aliphatic carboxylic acids is 2. The number of carbonyl (C=O) groups is 5. The van der Waals surface area contributed by atoms with Gasteiger partial charge in [0.15, 0.2) is 6.04 Å². The molecule has 4 unspecified atom stereocenters. The zero-order valence-corrected chi connectivity index (χ0v) is 17.1. The van der Waals surface area contributed by atoms with Gasteiger partial charge in [0, 0.05) is 6.42 Å². The highest BCUT2D eigenvalue weighted by Crippen LogP contribution is 2.12. The molecule has 0 fully saturated rings. The summed E-state index contributed by atoms with van der Waals surface area (Å²) < 4.78 is 0. The van der Waals surface area contributed by atoms with Crippen LogP contribution in [0, 0.1) is 0 Å². The molecule has 1 aromatic carbocycles. The van der Waals surface area contributed by atoms with E-state index in [0.29, 0.717) is 5.56 Å². The van der Waals surface area contributed by atoms with E-state index in [0.717, 1.165) is 6.92 Å². The summed E-state index contributed by atoms with van der Waals surface area (Å²) in [6.45, 7) is 0.646. The second kappa shape index (κ2) is 12.2. The molecule has 0 radical (unpaired) electrons. The first-order valence-electron chi connectivity index (χ1n) is 9.45. The molecule has 0 aromatic heterocycles. The van der Waals surface area contributed by atoms with E-state index in [9.17, 15) is 39.3 Å². The SMILES string of the molecule is CC(O)C(NC(=O)C(Cc1ccc(O)cc1)NC(=O)C(CC(=O)O)NC(=O)CN)C(=O)O. The van der Waals surface area contributed by atoms with E-state index in [4.69, 9.17) is 10.8 Å². The molecular formula is C19H26N4O9. The normalized spacial score (nSPS) is 14.3. The number of carboxylic acids is 2. The molecule has 4 atom stereocenters. The molecule has 0 bridgehead atoms. The lowest BCUT2D eigenvalue weighted by atomic mass is 10.0. The molecule has 0 aliphatic carbocycles. The zero-order valence-electron chi connectivity index (χ0n) is 17.1. The predicted molar refractivity (Wildman–Crippen MR) is 108 cm³/mol. The number of aliphatic hydroxyl groups excluding tert-OH is 1. The highest BCUT2D eigenvalue weighted by molar-refractivity contribution is 5.95. The van der Waals surface area contributed by atoms with Crippen LogP contribution in [0.4, 0.5) is 0 Å². The van der Waals surface area contributed by atoms with Crippen molar-refractivity contribution in [3.05, 3.63) is 29.8 Å². The Morgan fingerprint density at radius 3 is 1.97 bits per heavy atom. The first kappa shape index (κ1) is 26.3. The average molecular weight is 454 g/mol. The van der Waals surface area contributed by atoms with Crippen molar-refractivity contribution in [3.63, 3.8) is 0 Å². The molecule has 13 nitrogen and oxygen atoms in total. The summed E-state index contributed by atoms with van der Waals surface area (Å²) in [5.74, 6) is -5.75. The van der Waals surface area contributed by atoms with Gasteiger partial charge in [-0.1, -0.05) is 12.1 Å². The third kappa shape index (κ3) is 8.57. The van der Waals surface area contributed by atoms with Gasteiger partial charge in [-0.2, -0.15) is 0 Å². The smallest absolute Gasteiger partial charge is 0.328 e. The number of aromatic hydroxyl groups is 1. The Kier molecular flexibility index (Phi) is 10.1. The van der Waals surface area contributed by atoms with E-state index in [2.05, 4.69) is 16.0 Å². The maximum atomic E-state index is 12.7. The van der Waals surface area contributed by atoms with Gasteiger partial charge in [0.25, 0.3) is 0 Å². The van der Waals surface area contributed by atoms with E-state index >= 15 is 0 Å². The largest absolute Gasteiger partial charge is 0.508 e. The number of phenolic OH excluding ortho intramolecular Hbond substituents is 1. The lowest BCUT2D eigenvalue weighted by molar-refractivity contribution is -0.145. The fraction of sp³-hybridized carbons (Fsp3) is 0.421. The topological polar surface area (TPSA) is 228 Å². The number of hydrogen-bond acceptors (Lipinski definition) is 8. The lowest BCUT2D eigenvalue weighted by Gasteiger charge is -2.25. The molecule has 32 heavy (non-hydrogen) atoms. The number of benzene rings is 1. The van der Waals surface area contributed by atoms with Crippen molar-refractivity contribution in [1.82, 2.24) is 16.0 Å². The van der Waals surface area contributed by atoms with Crippen LogP contribution in [0.2, 0.25) is 0 Å². The predicted octanol–water partition coefficient (Wildman–Crippen LogP) is -2.71. The fourth-order valence-corrected chi connectivity index (χ4v) is 2.63. The van der Waals surface area contributed by atoms with Gasteiger partial charge in [0.05, 0.1) is 19.1 Å². The lowest BCUT2D eigenvalue weighted by Crippen LogP contribution is -2.58. The van der Waals surface area contributed by atoms with Gasteiger partial charge in [0.1, 0.15) is 17.8 Å². The van der Waals surface area contributed by atoms with Crippen LogP contribution in [0.5, 0.6) is 5.75 Å². The van der Waals surface area contributed by atoms with E-state index < -0.39 is 66.9 Å². The first-order chi connectivity index (χ1) is 14.9. The van der Waals surface area contributed by atoms with E-state index in [-0.39, 0.29) is 12.2 Å². The van der Waals surface area contributed by atoms with E-state index in [1.165, 1.54) is 24.3 Å². The number of amides is 3. The Balaban J connectivity index is 3.13. The number of carboxylic acid groups (broad SMARTS) is 2. The quantitative estimate of drug-likeness (QED) is 0.163. The maximum absolute atomic E-state index is 12.7. The van der Waals surface area contributed by atoms with Gasteiger partial charge in [-0.05, 0) is 24.6 Å². The highest BCUT2D eigenvalue weighted by Gasteiger charge is 2.32. The molecule has 0 aliphatic heterocycles. The number of hydrogen-bond donors (Lipinski definition) is 8. The number of nitrogens with two attached hydrogens (primary N) is 1. The minimum atomic E-state index is -1.67. The van der Waals surface area contributed by atoms with Crippen molar-refractivity contribution in [2.24, 2.45) is 5.73 Å². The molecule has 176 valence electrons. The van der Waals surface area contributed by atoms with E-state index in [1.54, 1.807) is 0 Å². The molecular weight excluding hydrogens is 428 g/mol. The molecule has 1 aromatic rings. The van der Waals surface area contributed by atoms with Crippen LogP contribution in [-0.4, -0.2) is 80.9 Å². The summed E-state index contributed by atoms with van der Waals surface area (Å²) in [5.41, 5.74) is 5.64.